The molecule has 1 atom stereocenters. The lowest BCUT2D eigenvalue weighted by Crippen LogP contribution is -2.30. The van der Waals surface area contributed by atoms with Crippen LogP contribution >= 0.6 is 0 Å². The molecule has 0 radical (unpaired) electrons. The van der Waals surface area contributed by atoms with Crippen molar-refractivity contribution in [2.24, 2.45) is 0 Å². The van der Waals surface area contributed by atoms with Crippen LogP contribution in [0.5, 0.6) is 11.5 Å². The predicted octanol–water partition coefficient (Wildman–Crippen LogP) is 2.03. The minimum Gasteiger partial charge on any atom is -0.486 e. The number of anilines is 1. The number of nitrogens with one attached hydrogen (secondary N) is 2. The van der Waals surface area contributed by atoms with Crippen LogP contribution in [0.15, 0.2) is 24.3 Å². The summed E-state index contributed by atoms with van der Waals surface area (Å²) in [4.78, 5) is 24.0. The molecule has 2 N–H and O–H groups in total. The van der Waals surface area contributed by atoms with Crippen molar-refractivity contribution < 1.29 is 14.3 Å². The average molecular weight is 397 g/mol. The molecule has 4 rings (SSSR count). The van der Waals surface area contributed by atoms with Crippen LogP contribution in [0, 0.1) is 0 Å². The standard InChI is InChI=1S/C21H27N5O3/c1-22-19-11-16(24-20(25-19)15-4-3-7-23-12-15)13-26(2)21(27)14-5-6-17-18(10-14)29-9-8-28-17/h5-6,10-11,15,23H,3-4,7-9,12-13H2,1-2H3,(H,22,24,25)/t15-/m1/s1. The maximum atomic E-state index is 12.9. The van der Waals surface area contributed by atoms with Crippen molar-refractivity contribution in [1.29, 1.82) is 0 Å². The van der Waals surface area contributed by atoms with Gasteiger partial charge in [0.25, 0.3) is 5.91 Å². The molecule has 2 aliphatic rings. The van der Waals surface area contributed by atoms with E-state index in [0.29, 0.717) is 42.7 Å². The number of nitrogens with zero attached hydrogens (tertiary/aromatic N) is 3. The summed E-state index contributed by atoms with van der Waals surface area (Å²) >= 11 is 0. The van der Waals surface area contributed by atoms with Gasteiger partial charge < -0.3 is 25.0 Å². The average Bonchev–Trinajstić information content (AvgIpc) is 2.78. The lowest BCUT2D eigenvalue weighted by Gasteiger charge is -2.23. The van der Waals surface area contributed by atoms with Crippen LogP contribution in [0.2, 0.25) is 0 Å². The Bertz CT molecular complexity index is 883. The van der Waals surface area contributed by atoms with E-state index in [0.717, 1.165) is 43.3 Å². The van der Waals surface area contributed by atoms with Crippen molar-refractivity contribution in [3.8, 4) is 11.5 Å². The second-order valence-corrected chi connectivity index (χ2v) is 7.42. The fourth-order valence-electron chi connectivity index (χ4n) is 3.69. The molecule has 1 aromatic carbocycles. The van der Waals surface area contributed by atoms with Crippen molar-refractivity contribution in [1.82, 2.24) is 20.2 Å². The molecule has 0 spiro atoms. The Morgan fingerprint density at radius 2 is 2.07 bits per heavy atom. The molecule has 8 nitrogen and oxygen atoms in total. The zero-order valence-corrected chi connectivity index (χ0v) is 16.9. The minimum absolute atomic E-state index is 0.0903. The molecule has 154 valence electrons. The normalized spacial score (nSPS) is 18.2. The van der Waals surface area contributed by atoms with Crippen LogP contribution in [0.1, 0.15) is 40.6 Å². The van der Waals surface area contributed by atoms with E-state index in [1.165, 1.54) is 0 Å². The first-order chi connectivity index (χ1) is 14.1. The van der Waals surface area contributed by atoms with Gasteiger partial charge >= 0.3 is 0 Å². The van der Waals surface area contributed by atoms with Gasteiger partial charge in [-0.2, -0.15) is 0 Å². The SMILES string of the molecule is CNc1cc(CN(C)C(=O)c2ccc3c(c2)OCCO3)nc([C@@H]2CCCNC2)n1. The molecule has 2 aromatic rings. The topological polar surface area (TPSA) is 88.6 Å². The zero-order valence-electron chi connectivity index (χ0n) is 16.9. The molecule has 2 aliphatic heterocycles. The number of carbonyl (C=O) groups is 1. The number of fused-ring (bicyclic) bond motifs is 1. The monoisotopic (exact) mass is 397 g/mol. The van der Waals surface area contributed by atoms with Crippen LogP contribution in [-0.2, 0) is 6.54 Å². The number of hydrogen-bond donors (Lipinski definition) is 2. The quantitative estimate of drug-likeness (QED) is 0.798. The fourth-order valence-corrected chi connectivity index (χ4v) is 3.69. The van der Waals surface area contributed by atoms with E-state index >= 15 is 0 Å². The van der Waals surface area contributed by atoms with E-state index in [1.54, 1.807) is 30.1 Å². The van der Waals surface area contributed by atoms with Crippen LogP contribution in [0.25, 0.3) is 0 Å². The lowest BCUT2D eigenvalue weighted by atomic mass is 9.99. The highest BCUT2D eigenvalue weighted by molar-refractivity contribution is 5.94. The largest absolute Gasteiger partial charge is 0.486 e. The number of amides is 1. The third-order valence-corrected chi connectivity index (χ3v) is 5.25. The van der Waals surface area contributed by atoms with Gasteiger partial charge in [-0.15, -0.1) is 0 Å². The second kappa shape index (κ2) is 8.65. The number of hydrogen-bond acceptors (Lipinski definition) is 7. The van der Waals surface area contributed by atoms with Crippen molar-refractivity contribution in [2.45, 2.75) is 25.3 Å². The van der Waals surface area contributed by atoms with Crippen molar-refractivity contribution >= 4 is 11.7 Å². The van der Waals surface area contributed by atoms with Gasteiger partial charge in [0.15, 0.2) is 11.5 Å². The summed E-state index contributed by atoms with van der Waals surface area (Å²) in [6.07, 6.45) is 2.20. The van der Waals surface area contributed by atoms with Crippen LogP contribution in [-0.4, -0.2) is 61.2 Å². The first-order valence-corrected chi connectivity index (χ1v) is 10.1. The Morgan fingerprint density at radius 1 is 1.24 bits per heavy atom. The maximum absolute atomic E-state index is 12.9. The van der Waals surface area contributed by atoms with Gasteiger partial charge in [-0.1, -0.05) is 0 Å². The highest BCUT2D eigenvalue weighted by Gasteiger charge is 2.21. The zero-order chi connectivity index (χ0) is 20.2. The number of benzene rings is 1. The Morgan fingerprint density at radius 3 is 2.83 bits per heavy atom. The number of piperidine rings is 1. The third-order valence-electron chi connectivity index (χ3n) is 5.25. The van der Waals surface area contributed by atoms with E-state index in [4.69, 9.17) is 14.5 Å². The van der Waals surface area contributed by atoms with E-state index in [2.05, 4.69) is 15.6 Å². The molecule has 1 amide bonds. The molecular weight excluding hydrogens is 370 g/mol. The fraction of sp³-hybridized carbons (Fsp3) is 0.476. The van der Waals surface area contributed by atoms with Gasteiger partial charge in [0.1, 0.15) is 24.9 Å². The van der Waals surface area contributed by atoms with Crippen LogP contribution < -0.4 is 20.1 Å². The summed E-state index contributed by atoms with van der Waals surface area (Å²) in [5.41, 5.74) is 1.38. The second-order valence-electron chi connectivity index (χ2n) is 7.42. The van der Waals surface area contributed by atoms with Gasteiger partial charge in [0.05, 0.1) is 12.2 Å². The summed E-state index contributed by atoms with van der Waals surface area (Å²) in [6, 6.07) is 7.19. The van der Waals surface area contributed by atoms with E-state index < -0.39 is 0 Å². The summed E-state index contributed by atoms with van der Waals surface area (Å²) in [5, 5.41) is 6.52. The van der Waals surface area contributed by atoms with E-state index in [-0.39, 0.29) is 5.91 Å². The van der Waals surface area contributed by atoms with E-state index in [1.807, 2.05) is 13.1 Å². The smallest absolute Gasteiger partial charge is 0.254 e. The van der Waals surface area contributed by atoms with Crippen molar-refractivity contribution in [3.63, 3.8) is 0 Å². The van der Waals surface area contributed by atoms with Gasteiger partial charge in [-0.05, 0) is 37.6 Å². The van der Waals surface area contributed by atoms with Gasteiger partial charge in [-0.3, -0.25) is 4.79 Å². The summed E-state index contributed by atoms with van der Waals surface area (Å²) in [5.74, 6) is 3.11. The molecule has 0 saturated carbocycles. The molecule has 0 unspecified atom stereocenters. The Balaban J connectivity index is 1.51. The molecular formula is C21H27N5O3. The predicted molar refractivity (Wildman–Crippen MR) is 110 cm³/mol. The summed E-state index contributed by atoms with van der Waals surface area (Å²) < 4.78 is 11.1. The summed E-state index contributed by atoms with van der Waals surface area (Å²) in [7, 11) is 3.63. The Hall–Kier alpha value is -2.87. The Labute approximate surface area is 170 Å². The highest BCUT2D eigenvalue weighted by Crippen LogP contribution is 2.31. The molecule has 3 heterocycles. The number of rotatable bonds is 5. The van der Waals surface area contributed by atoms with Gasteiger partial charge in [-0.25, -0.2) is 9.97 Å². The van der Waals surface area contributed by atoms with Crippen LogP contribution in [0.3, 0.4) is 0 Å². The number of carbonyl (C=O) groups excluding carboxylic acids is 1. The molecule has 8 heteroatoms. The summed E-state index contributed by atoms with van der Waals surface area (Å²) in [6.45, 7) is 3.35. The molecule has 1 fully saturated rings. The molecule has 0 aliphatic carbocycles. The first-order valence-electron chi connectivity index (χ1n) is 10.1. The highest BCUT2D eigenvalue weighted by atomic mass is 16.6. The van der Waals surface area contributed by atoms with E-state index in [9.17, 15) is 4.79 Å². The number of ether oxygens (including phenoxy) is 2. The Kier molecular flexibility index (Phi) is 5.80. The molecule has 1 saturated heterocycles. The van der Waals surface area contributed by atoms with Crippen molar-refractivity contribution in [2.75, 3.05) is 45.7 Å². The lowest BCUT2D eigenvalue weighted by molar-refractivity contribution is 0.0782. The molecule has 0 bridgehead atoms. The maximum Gasteiger partial charge on any atom is 0.254 e. The molecule has 1 aromatic heterocycles. The third kappa shape index (κ3) is 4.42. The minimum atomic E-state index is -0.0903. The van der Waals surface area contributed by atoms with Crippen molar-refractivity contribution in [3.05, 3.63) is 41.3 Å². The number of aromatic nitrogens is 2. The van der Waals surface area contributed by atoms with Gasteiger partial charge in [0.2, 0.25) is 0 Å². The first kappa shape index (κ1) is 19.4. The van der Waals surface area contributed by atoms with Gasteiger partial charge in [0, 0.05) is 38.2 Å². The molecule has 29 heavy (non-hydrogen) atoms. The van der Waals surface area contributed by atoms with Crippen LogP contribution in [0.4, 0.5) is 5.82 Å².